The summed E-state index contributed by atoms with van der Waals surface area (Å²) in [6.45, 7) is 2.19. The zero-order valence-corrected chi connectivity index (χ0v) is 20.0. The summed E-state index contributed by atoms with van der Waals surface area (Å²) in [5.74, 6) is 0.257. The maximum atomic E-state index is 12.9. The molecule has 3 aromatic carbocycles. The number of carbonyl (C=O) groups excluding carboxylic acids is 1. The van der Waals surface area contributed by atoms with Crippen molar-refractivity contribution in [3.63, 3.8) is 0 Å². The molecule has 0 saturated heterocycles. The van der Waals surface area contributed by atoms with E-state index >= 15 is 0 Å². The number of hydrogen-bond acceptors (Lipinski definition) is 4. The first kappa shape index (κ1) is 24.2. The zero-order valence-electron chi connectivity index (χ0n) is 17.7. The normalized spacial score (nSPS) is 12.4. The third kappa shape index (κ3) is 6.06. The van der Waals surface area contributed by atoms with Gasteiger partial charge in [0.2, 0.25) is 15.9 Å². The van der Waals surface area contributed by atoms with Crippen LogP contribution in [0.1, 0.15) is 13.3 Å². The Balaban J connectivity index is 1.66. The fourth-order valence-corrected chi connectivity index (χ4v) is 5.15. The molecule has 0 aliphatic carbocycles. The summed E-state index contributed by atoms with van der Waals surface area (Å²) in [6, 6.07) is 17.2. The van der Waals surface area contributed by atoms with Crippen molar-refractivity contribution in [1.29, 1.82) is 0 Å². The summed E-state index contributed by atoms with van der Waals surface area (Å²) < 4.78 is 31.8. The van der Waals surface area contributed by atoms with E-state index in [1.165, 1.54) is 18.2 Å². The van der Waals surface area contributed by atoms with E-state index in [0.29, 0.717) is 5.75 Å². The lowest BCUT2D eigenvalue weighted by atomic mass is 10.1. The number of ether oxygens (including phenoxy) is 1. The highest BCUT2D eigenvalue weighted by Crippen LogP contribution is 2.29. The minimum absolute atomic E-state index is 0.218. The highest BCUT2D eigenvalue weighted by atomic mass is 35.5. The third-order valence-electron chi connectivity index (χ3n) is 4.82. The van der Waals surface area contributed by atoms with E-state index in [1.54, 1.807) is 6.92 Å². The molecule has 0 aliphatic heterocycles. The highest BCUT2D eigenvalue weighted by molar-refractivity contribution is 7.92. The number of nitrogens with zero attached hydrogens (tertiary/aromatic N) is 1. The smallest absolute Gasteiger partial charge is 0.244 e. The average Bonchev–Trinajstić information content (AvgIpc) is 2.73. The van der Waals surface area contributed by atoms with Crippen LogP contribution < -0.4 is 14.4 Å². The van der Waals surface area contributed by atoms with Gasteiger partial charge in [0.15, 0.2) is 0 Å². The van der Waals surface area contributed by atoms with Gasteiger partial charge in [0.1, 0.15) is 18.4 Å². The molecular weight excluding hydrogens is 471 g/mol. The molecule has 0 aromatic heterocycles. The predicted molar refractivity (Wildman–Crippen MR) is 130 cm³/mol. The van der Waals surface area contributed by atoms with E-state index in [9.17, 15) is 13.2 Å². The Morgan fingerprint density at radius 2 is 1.69 bits per heavy atom. The van der Waals surface area contributed by atoms with Crippen LogP contribution in [0, 0.1) is 0 Å². The molecule has 3 rings (SSSR count). The first-order valence-corrected chi connectivity index (χ1v) is 12.6. The van der Waals surface area contributed by atoms with Crippen molar-refractivity contribution in [2.75, 3.05) is 23.7 Å². The van der Waals surface area contributed by atoms with Crippen molar-refractivity contribution in [3.8, 4) is 5.75 Å². The van der Waals surface area contributed by atoms with E-state index < -0.39 is 22.0 Å². The van der Waals surface area contributed by atoms with Crippen molar-refractivity contribution in [3.05, 3.63) is 70.7 Å². The summed E-state index contributed by atoms with van der Waals surface area (Å²) in [5.41, 5.74) is 0.236. The van der Waals surface area contributed by atoms with Crippen molar-refractivity contribution in [2.45, 2.75) is 19.4 Å². The standard InChI is InChI=1S/C23H24Cl2N2O4S/c1-3-22(27(32(2,29)30)20-14-18(24)13-19(25)15-20)23(28)26-10-11-31-21-9-8-16-6-4-5-7-17(16)12-21/h4-9,12-15,22H,3,10-11H2,1-2H3,(H,26,28)/t22-/m0/s1. The van der Waals surface area contributed by atoms with E-state index in [1.807, 2.05) is 42.5 Å². The van der Waals surface area contributed by atoms with Crippen LogP contribution in [0.2, 0.25) is 10.0 Å². The molecule has 9 heteroatoms. The van der Waals surface area contributed by atoms with E-state index in [0.717, 1.165) is 21.3 Å². The number of halogens is 2. The molecule has 1 N–H and O–H groups in total. The Hall–Kier alpha value is -2.48. The molecule has 0 radical (unpaired) electrons. The van der Waals surface area contributed by atoms with Gasteiger partial charge in [0.25, 0.3) is 0 Å². The number of rotatable bonds is 9. The number of carbonyl (C=O) groups is 1. The predicted octanol–water partition coefficient (Wildman–Crippen LogP) is 4.89. The molecule has 1 atom stereocenters. The molecule has 0 saturated carbocycles. The van der Waals surface area contributed by atoms with E-state index in [2.05, 4.69) is 5.32 Å². The number of anilines is 1. The van der Waals surface area contributed by atoms with Crippen LogP contribution in [-0.2, 0) is 14.8 Å². The maximum absolute atomic E-state index is 12.9. The second-order valence-electron chi connectivity index (χ2n) is 7.26. The molecule has 1 amide bonds. The van der Waals surface area contributed by atoms with E-state index in [4.69, 9.17) is 27.9 Å². The molecule has 0 fully saturated rings. The molecule has 0 spiro atoms. The van der Waals surface area contributed by atoms with Crippen LogP contribution in [0.15, 0.2) is 60.7 Å². The first-order chi connectivity index (χ1) is 15.2. The largest absolute Gasteiger partial charge is 0.492 e. The van der Waals surface area contributed by atoms with Crippen LogP contribution in [0.3, 0.4) is 0 Å². The minimum atomic E-state index is -3.78. The second kappa shape index (κ2) is 10.4. The number of benzene rings is 3. The summed E-state index contributed by atoms with van der Waals surface area (Å²) in [7, 11) is -3.78. The molecule has 6 nitrogen and oxygen atoms in total. The lowest BCUT2D eigenvalue weighted by Gasteiger charge is -2.30. The molecule has 3 aromatic rings. The van der Waals surface area contributed by atoms with Gasteiger partial charge < -0.3 is 10.1 Å². The summed E-state index contributed by atoms with van der Waals surface area (Å²) in [4.78, 5) is 12.9. The van der Waals surface area contributed by atoms with E-state index in [-0.39, 0.29) is 35.3 Å². The van der Waals surface area contributed by atoms with Gasteiger partial charge in [-0.15, -0.1) is 0 Å². The zero-order chi connectivity index (χ0) is 23.3. The number of hydrogen-bond donors (Lipinski definition) is 1. The van der Waals surface area contributed by atoms with Crippen molar-refractivity contribution in [2.24, 2.45) is 0 Å². The summed E-state index contributed by atoms with van der Waals surface area (Å²) in [5, 5.41) is 5.48. The van der Waals surface area contributed by atoms with Crippen molar-refractivity contribution < 1.29 is 17.9 Å². The molecule has 0 bridgehead atoms. The second-order valence-corrected chi connectivity index (χ2v) is 9.99. The maximum Gasteiger partial charge on any atom is 0.244 e. The van der Waals surface area contributed by atoms with Crippen LogP contribution in [0.5, 0.6) is 5.75 Å². The number of fused-ring (bicyclic) bond motifs is 1. The monoisotopic (exact) mass is 494 g/mol. The average molecular weight is 495 g/mol. The van der Waals surface area contributed by atoms with Gasteiger partial charge in [0, 0.05) is 10.0 Å². The summed E-state index contributed by atoms with van der Waals surface area (Å²) in [6.07, 6.45) is 1.30. The number of nitrogens with one attached hydrogen (secondary N) is 1. The number of amides is 1. The molecule has 0 heterocycles. The van der Waals surface area contributed by atoms with Crippen LogP contribution in [0.25, 0.3) is 10.8 Å². The molecule has 32 heavy (non-hydrogen) atoms. The van der Waals surface area contributed by atoms with Gasteiger partial charge in [-0.1, -0.05) is 60.5 Å². The van der Waals surface area contributed by atoms with Gasteiger partial charge in [-0.05, 0) is 47.5 Å². The van der Waals surface area contributed by atoms with Gasteiger partial charge in [-0.25, -0.2) is 8.42 Å². The SMILES string of the molecule is CC[C@@H](C(=O)NCCOc1ccc2ccccc2c1)N(c1cc(Cl)cc(Cl)c1)S(C)(=O)=O. The van der Waals surface area contributed by atoms with Crippen molar-refractivity contribution in [1.82, 2.24) is 5.32 Å². The Labute approximate surface area is 198 Å². The fourth-order valence-electron chi connectivity index (χ4n) is 3.44. The Kier molecular flexibility index (Phi) is 7.87. The quantitative estimate of drug-likeness (QED) is 0.429. The van der Waals surface area contributed by atoms with Crippen molar-refractivity contribution >= 4 is 55.6 Å². The fraction of sp³-hybridized carbons (Fsp3) is 0.261. The highest BCUT2D eigenvalue weighted by Gasteiger charge is 2.31. The molecule has 0 unspecified atom stereocenters. The molecular formula is C23H24Cl2N2O4S. The van der Waals surface area contributed by atoms with Gasteiger partial charge in [-0.3, -0.25) is 9.10 Å². The lowest BCUT2D eigenvalue weighted by molar-refractivity contribution is -0.122. The topological polar surface area (TPSA) is 75.7 Å². The van der Waals surface area contributed by atoms with Gasteiger partial charge in [0.05, 0.1) is 18.5 Å². The minimum Gasteiger partial charge on any atom is -0.492 e. The first-order valence-electron chi connectivity index (χ1n) is 10.0. The van der Waals surface area contributed by atoms with Gasteiger partial charge >= 0.3 is 0 Å². The lowest BCUT2D eigenvalue weighted by Crippen LogP contribution is -2.50. The Morgan fingerprint density at radius 3 is 2.31 bits per heavy atom. The van der Waals surface area contributed by atoms with Gasteiger partial charge in [-0.2, -0.15) is 0 Å². The van der Waals surface area contributed by atoms with Crippen LogP contribution in [0.4, 0.5) is 5.69 Å². The molecule has 0 aliphatic rings. The Bertz CT molecular complexity index is 1200. The third-order valence-corrected chi connectivity index (χ3v) is 6.44. The van der Waals surface area contributed by atoms with Crippen LogP contribution in [-0.4, -0.2) is 39.8 Å². The molecule has 170 valence electrons. The van der Waals surface area contributed by atoms with Crippen LogP contribution >= 0.6 is 23.2 Å². The summed E-state index contributed by atoms with van der Waals surface area (Å²) >= 11 is 12.1. The number of sulfonamides is 1. The Morgan fingerprint density at radius 1 is 1.03 bits per heavy atom.